The second-order valence-electron chi connectivity index (χ2n) is 8.33. The Bertz CT molecular complexity index is 1150. The summed E-state index contributed by atoms with van der Waals surface area (Å²) in [5.41, 5.74) is 9.63. The lowest BCUT2D eigenvalue weighted by molar-refractivity contribution is 0.315. The molecule has 0 unspecified atom stereocenters. The molecule has 1 aliphatic heterocycles. The van der Waals surface area contributed by atoms with Gasteiger partial charge in [-0.2, -0.15) is 10.4 Å². The molecular weight excluding hydrogens is 388 g/mol. The van der Waals surface area contributed by atoms with Gasteiger partial charge in [0, 0.05) is 36.1 Å². The highest BCUT2D eigenvalue weighted by atomic mass is 15.3. The molecule has 3 heterocycles. The molecule has 0 bridgehead atoms. The van der Waals surface area contributed by atoms with Gasteiger partial charge in [0.05, 0.1) is 17.3 Å². The summed E-state index contributed by atoms with van der Waals surface area (Å²) < 4.78 is 0. The molecule has 1 saturated heterocycles. The first-order valence-electron chi connectivity index (χ1n) is 10.4. The van der Waals surface area contributed by atoms with Crippen molar-refractivity contribution in [2.24, 2.45) is 5.73 Å². The number of aryl methyl sites for hydroxylation is 1. The molecule has 1 fully saturated rings. The minimum Gasteiger partial charge on any atom is -0.355 e. The zero-order valence-electron chi connectivity index (χ0n) is 18.4. The van der Waals surface area contributed by atoms with Gasteiger partial charge in [-0.1, -0.05) is 12.1 Å². The van der Waals surface area contributed by atoms with E-state index < -0.39 is 6.17 Å². The van der Waals surface area contributed by atoms with E-state index in [0.717, 1.165) is 52.9 Å². The molecule has 3 N–H and O–H groups in total. The lowest BCUT2D eigenvalue weighted by Crippen LogP contribution is -2.31. The van der Waals surface area contributed by atoms with Crippen LogP contribution in [0, 0.1) is 25.2 Å². The van der Waals surface area contributed by atoms with E-state index in [1.807, 2.05) is 32.2 Å². The molecule has 0 saturated carbocycles. The van der Waals surface area contributed by atoms with Crippen molar-refractivity contribution in [3.63, 3.8) is 0 Å². The Hall–Kier alpha value is -3.28. The van der Waals surface area contributed by atoms with Crippen LogP contribution in [0.4, 0.5) is 11.6 Å². The lowest BCUT2D eigenvalue weighted by atomic mass is 10.0. The molecule has 0 spiro atoms. The number of pyridine rings is 1. The number of nitrogens with two attached hydrogens (primary N) is 1. The molecule has 0 radical (unpaired) electrons. The first-order chi connectivity index (χ1) is 14.9. The number of nitrogens with one attached hydrogen (secondary N) is 1. The number of benzene rings is 1. The van der Waals surface area contributed by atoms with Gasteiger partial charge in [0.1, 0.15) is 12.0 Å². The number of hydrogen-bond donors (Lipinski definition) is 2. The maximum Gasteiger partial charge on any atom is 0.158 e. The minimum absolute atomic E-state index is 0.518. The topological polar surface area (TPSA) is 107 Å². The Morgan fingerprint density at radius 1 is 1.26 bits per heavy atom. The van der Waals surface area contributed by atoms with E-state index in [2.05, 4.69) is 51.5 Å². The maximum absolute atomic E-state index is 9.33. The SMILES string of the molecule is Cc1c(C#N)cccc1[C@@H](N)Nc1nnc(C)c2cnc(N3CC[C@H](N(C)C)C3)cc12. The third-order valence-electron chi connectivity index (χ3n) is 6.18. The van der Waals surface area contributed by atoms with E-state index >= 15 is 0 Å². The zero-order valence-corrected chi connectivity index (χ0v) is 18.4. The fourth-order valence-electron chi connectivity index (χ4n) is 4.15. The van der Waals surface area contributed by atoms with Gasteiger partial charge in [0.2, 0.25) is 0 Å². The Kier molecular flexibility index (Phi) is 5.72. The Labute approximate surface area is 182 Å². The Morgan fingerprint density at radius 3 is 2.77 bits per heavy atom. The molecule has 4 rings (SSSR count). The average molecular weight is 417 g/mol. The number of aromatic nitrogens is 3. The Balaban J connectivity index is 1.68. The van der Waals surface area contributed by atoms with Gasteiger partial charge in [-0.05, 0) is 57.6 Å². The number of hydrogen-bond acceptors (Lipinski definition) is 8. The monoisotopic (exact) mass is 416 g/mol. The molecule has 160 valence electrons. The number of anilines is 2. The highest BCUT2D eigenvalue weighted by molar-refractivity contribution is 5.94. The van der Waals surface area contributed by atoms with Crippen molar-refractivity contribution >= 4 is 22.4 Å². The van der Waals surface area contributed by atoms with Crippen molar-refractivity contribution in [2.75, 3.05) is 37.4 Å². The minimum atomic E-state index is -0.518. The predicted octanol–water partition coefficient (Wildman–Crippen LogP) is 2.72. The van der Waals surface area contributed by atoms with Gasteiger partial charge in [-0.25, -0.2) is 4.98 Å². The quantitative estimate of drug-likeness (QED) is 0.612. The van der Waals surface area contributed by atoms with E-state index in [-0.39, 0.29) is 0 Å². The highest BCUT2D eigenvalue weighted by Gasteiger charge is 2.25. The summed E-state index contributed by atoms with van der Waals surface area (Å²) in [5.74, 6) is 1.55. The molecule has 0 aliphatic carbocycles. The molecule has 0 amide bonds. The molecule has 1 aromatic carbocycles. The third-order valence-corrected chi connectivity index (χ3v) is 6.18. The standard InChI is InChI=1S/C23H28N8/c1-14-16(11-24)6-5-7-18(14)22(25)27-23-19-10-21(26-12-20(19)15(2)28-29-23)31-9-8-17(13-31)30(3)4/h5-7,10,12,17,22H,8-9,13,25H2,1-4H3,(H,27,29)/t17-,22-/m0/s1. The number of likely N-dealkylation sites (N-methyl/N-ethyl adjacent to an activating group) is 1. The van der Waals surface area contributed by atoms with E-state index in [0.29, 0.717) is 17.4 Å². The maximum atomic E-state index is 9.33. The van der Waals surface area contributed by atoms with Crippen LogP contribution in [-0.4, -0.2) is 53.3 Å². The molecule has 3 aromatic rings. The van der Waals surface area contributed by atoms with Gasteiger partial charge < -0.3 is 20.9 Å². The van der Waals surface area contributed by atoms with Gasteiger partial charge in [-0.3, -0.25) is 0 Å². The van der Waals surface area contributed by atoms with E-state index in [1.54, 1.807) is 6.07 Å². The van der Waals surface area contributed by atoms with Gasteiger partial charge >= 0.3 is 0 Å². The number of fused-ring (bicyclic) bond motifs is 1. The normalized spacial score (nSPS) is 17.2. The smallest absolute Gasteiger partial charge is 0.158 e. The summed E-state index contributed by atoms with van der Waals surface area (Å²) in [5, 5.41) is 23.2. The van der Waals surface area contributed by atoms with Crippen molar-refractivity contribution in [2.45, 2.75) is 32.5 Å². The predicted molar refractivity (Wildman–Crippen MR) is 123 cm³/mol. The summed E-state index contributed by atoms with van der Waals surface area (Å²) >= 11 is 0. The van der Waals surface area contributed by atoms with E-state index in [1.165, 1.54) is 0 Å². The number of nitriles is 1. The largest absolute Gasteiger partial charge is 0.355 e. The third kappa shape index (κ3) is 4.02. The summed E-state index contributed by atoms with van der Waals surface area (Å²) in [6.07, 6.45) is 2.47. The summed E-state index contributed by atoms with van der Waals surface area (Å²) in [6.45, 7) is 5.76. The average Bonchev–Trinajstić information content (AvgIpc) is 3.26. The summed E-state index contributed by atoms with van der Waals surface area (Å²) in [4.78, 5) is 9.28. The van der Waals surface area contributed by atoms with Crippen molar-refractivity contribution in [3.05, 3.63) is 52.8 Å². The molecule has 2 atom stereocenters. The fourth-order valence-corrected chi connectivity index (χ4v) is 4.15. The second-order valence-corrected chi connectivity index (χ2v) is 8.33. The van der Waals surface area contributed by atoms with Crippen LogP contribution >= 0.6 is 0 Å². The first kappa shape index (κ1) is 21.0. The number of rotatable bonds is 5. The lowest BCUT2D eigenvalue weighted by Gasteiger charge is -2.22. The zero-order chi connectivity index (χ0) is 22.1. The van der Waals surface area contributed by atoms with Gasteiger partial charge in [0.25, 0.3) is 0 Å². The van der Waals surface area contributed by atoms with Crippen LogP contribution in [0.25, 0.3) is 10.8 Å². The van der Waals surface area contributed by atoms with Crippen LogP contribution in [0.3, 0.4) is 0 Å². The van der Waals surface area contributed by atoms with Gasteiger partial charge in [0.15, 0.2) is 5.82 Å². The summed E-state index contributed by atoms with van der Waals surface area (Å²) in [6, 6.07) is 10.4. The Morgan fingerprint density at radius 2 is 2.06 bits per heavy atom. The highest BCUT2D eigenvalue weighted by Crippen LogP contribution is 2.30. The van der Waals surface area contributed by atoms with Crippen LogP contribution in [0.1, 0.15) is 35.0 Å². The number of nitrogens with zero attached hydrogens (tertiary/aromatic N) is 6. The van der Waals surface area contributed by atoms with Crippen LogP contribution < -0.4 is 16.0 Å². The van der Waals surface area contributed by atoms with Crippen LogP contribution in [0.5, 0.6) is 0 Å². The van der Waals surface area contributed by atoms with Crippen LogP contribution in [0.2, 0.25) is 0 Å². The van der Waals surface area contributed by atoms with Crippen LogP contribution in [0.15, 0.2) is 30.5 Å². The first-order valence-corrected chi connectivity index (χ1v) is 10.4. The van der Waals surface area contributed by atoms with Crippen molar-refractivity contribution in [1.82, 2.24) is 20.1 Å². The second kappa shape index (κ2) is 8.46. The molecule has 2 aromatic heterocycles. The molecule has 8 nitrogen and oxygen atoms in total. The van der Waals surface area contributed by atoms with Crippen molar-refractivity contribution in [3.8, 4) is 6.07 Å². The van der Waals surface area contributed by atoms with Crippen LogP contribution in [-0.2, 0) is 0 Å². The fraction of sp³-hybridized carbons (Fsp3) is 0.391. The van der Waals surface area contributed by atoms with E-state index in [9.17, 15) is 5.26 Å². The molecule has 1 aliphatic rings. The molecular formula is C23H28N8. The molecule has 31 heavy (non-hydrogen) atoms. The summed E-state index contributed by atoms with van der Waals surface area (Å²) in [7, 11) is 4.24. The van der Waals surface area contributed by atoms with Gasteiger partial charge in [-0.15, -0.1) is 5.10 Å². The van der Waals surface area contributed by atoms with Crippen molar-refractivity contribution in [1.29, 1.82) is 5.26 Å². The van der Waals surface area contributed by atoms with E-state index in [4.69, 9.17) is 10.7 Å². The van der Waals surface area contributed by atoms with Crippen molar-refractivity contribution < 1.29 is 0 Å². The molecule has 8 heteroatoms.